The molecule has 1 spiro atoms. The molecular formula is C21H27N3O2. The molecule has 26 heavy (non-hydrogen) atoms. The Bertz CT molecular complexity index is 712. The monoisotopic (exact) mass is 353 g/mol. The van der Waals surface area contributed by atoms with Crippen LogP contribution in [0.15, 0.2) is 24.3 Å². The van der Waals surface area contributed by atoms with Crippen LogP contribution in [0.4, 0.5) is 0 Å². The molecule has 1 amide bonds. The Hall–Kier alpha value is -1.90. The highest BCUT2D eigenvalue weighted by Gasteiger charge is 2.49. The van der Waals surface area contributed by atoms with Gasteiger partial charge in [0.15, 0.2) is 0 Å². The van der Waals surface area contributed by atoms with E-state index in [1.165, 1.54) is 12.8 Å². The second-order valence-corrected chi connectivity index (χ2v) is 8.34. The number of benzene rings is 1. The maximum atomic E-state index is 13.1. The van der Waals surface area contributed by atoms with Crippen LogP contribution in [-0.2, 0) is 11.3 Å². The fourth-order valence-corrected chi connectivity index (χ4v) is 4.61. The van der Waals surface area contributed by atoms with Crippen molar-refractivity contribution in [1.82, 2.24) is 9.80 Å². The summed E-state index contributed by atoms with van der Waals surface area (Å²) in [6, 6.07) is 10.00. The van der Waals surface area contributed by atoms with E-state index >= 15 is 0 Å². The minimum atomic E-state index is -0.391. The molecule has 4 rings (SSSR count). The molecule has 1 saturated carbocycles. The summed E-state index contributed by atoms with van der Waals surface area (Å²) in [4.78, 5) is 17.4. The summed E-state index contributed by atoms with van der Waals surface area (Å²) in [5.41, 5.74) is 1.40. The number of amides is 1. The van der Waals surface area contributed by atoms with Crippen LogP contribution in [0.1, 0.15) is 43.2 Å². The van der Waals surface area contributed by atoms with E-state index < -0.39 is 6.10 Å². The van der Waals surface area contributed by atoms with Crippen LogP contribution in [0.3, 0.4) is 0 Å². The zero-order valence-corrected chi connectivity index (χ0v) is 15.2. The zero-order valence-electron chi connectivity index (χ0n) is 15.2. The zero-order chi connectivity index (χ0) is 18.1. The molecule has 2 aliphatic heterocycles. The molecule has 1 atom stereocenters. The van der Waals surface area contributed by atoms with E-state index in [0.717, 1.165) is 50.1 Å². The van der Waals surface area contributed by atoms with Gasteiger partial charge in [0.25, 0.3) is 0 Å². The molecule has 138 valence electrons. The van der Waals surface area contributed by atoms with Gasteiger partial charge in [-0.15, -0.1) is 0 Å². The second kappa shape index (κ2) is 7.02. The number of carbonyl (C=O) groups excluding carboxylic acids is 1. The van der Waals surface area contributed by atoms with Crippen molar-refractivity contribution in [3.05, 3.63) is 35.4 Å². The van der Waals surface area contributed by atoms with Crippen LogP contribution < -0.4 is 0 Å². The minimum absolute atomic E-state index is 0.270. The summed E-state index contributed by atoms with van der Waals surface area (Å²) in [6.45, 7) is 3.78. The number of likely N-dealkylation sites (tertiary alicyclic amines) is 2. The number of β-amino-alcohol motifs (C(OH)–C–C–N with tert-alkyl or cyclic N) is 1. The van der Waals surface area contributed by atoms with Crippen molar-refractivity contribution in [2.45, 2.75) is 44.8 Å². The first-order chi connectivity index (χ1) is 12.6. The highest BCUT2D eigenvalue weighted by molar-refractivity contribution is 5.84. The molecular weight excluding hydrogens is 326 g/mol. The third-order valence-electron chi connectivity index (χ3n) is 6.32. The number of carbonyl (C=O) groups is 1. The van der Waals surface area contributed by atoms with Crippen molar-refractivity contribution in [3.63, 3.8) is 0 Å². The Morgan fingerprint density at radius 2 is 1.96 bits per heavy atom. The molecule has 3 fully saturated rings. The highest BCUT2D eigenvalue weighted by atomic mass is 16.3. The first kappa shape index (κ1) is 17.5. The molecule has 5 heteroatoms. The average Bonchev–Trinajstić information content (AvgIpc) is 3.46. The lowest BCUT2D eigenvalue weighted by Crippen LogP contribution is -2.57. The van der Waals surface area contributed by atoms with E-state index in [2.05, 4.69) is 11.0 Å². The highest BCUT2D eigenvalue weighted by Crippen LogP contribution is 2.42. The molecule has 1 N–H and O–H groups in total. The van der Waals surface area contributed by atoms with Gasteiger partial charge in [-0.3, -0.25) is 9.69 Å². The molecule has 2 heterocycles. The van der Waals surface area contributed by atoms with Gasteiger partial charge >= 0.3 is 0 Å². The van der Waals surface area contributed by atoms with Crippen LogP contribution in [0.25, 0.3) is 0 Å². The summed E-state index contributed by atoms with van der Waals surface area (Å²) in [5, 5.41) is 19.6. The van der Waals surface area contributed by atoms with Crippen LogP contribution >= 0.6 is 0 Å². The lowest BCUT2D eigenvalue weighted by atomic mass is 9.70. The Kier molecular flexibility index (Phi) is 4.73. The Morgan fingerprint density at radius 3 is 2.65 bits per heavy atom. The predicted octanol–water partition coefficient (Wildman–Crippen LogP) is 2.14. The molecule has 1 aromatic rings. The van der Waals surface area contributed by atoms with E-state index in [-0.39, 0.29) is 11.3 Å². The topological polar surface area (TPSA) is 67.6 Å². The van der Waals surface area contributed by atoms with Crippen LogP contribution in [0.2, 0.25) is 0 Å². The van der Waals surface area contributed by atoms with Gasteiger partial charge in [0.1, 0.15) is 0 Å². The molecule has 1 unspecified atom stereocenters. The van der Waals surface area contributed by atoms with Crippen molar-refractivity contribution in [1.29, 1.82) is 5.26 Å². The lowest BCUT2D eigenvalue weighted by molar-refractivity contribution is -0.157. The maximum absolute atomic E-state index is 13.1. The molecule has 1 aliphatic carbocycles. The van der Waals surface area contributed by atoms with Gasteiger partial charge < -0.3 is 10.0 Å². The summed E-state index contributed by atoms with van der Waals surface area (Å²) >= 11 is 0. The van der Waals surface area contributed by atoms with E-state index in [1.54, 1.807) is 0 Å². The maximum Gasteiger partial charge on any atom is 0.229 e. The largest absolute Gasteiger partial charge is 0.391 e. The van der Waals surface area contributed by atoms with Gasteiger partial charge in [0, 0.05) is 19.6 Å². The van der Waals surface area contributed by atoms with E-state index in [1.807, 2.05) is 29.2 Å². The molecule has 1 aromatic carbocycles. The third kappa shape index (κ3) is 3.49. The van der Waals surface area contributed by atoms with Crippen LogP contribution in [0.5, 0.6) is 0 Å². The number of nitriles is 1. The quantitative estimate of drug-likeness (QED) is 0.901. The van der Waals surface area contributed by atoms with Crippen molar-refractivity contribution in [2.75, 3.05) is 26.2 Å². The number of hydrogen-bond acceptors (Lipinski definition) is 4. The smallest absolute Gasteiger partial charge is 0.229 e. The fourth-order valence-electron chi connectivity index (χ4n) is 4.61. The van der Waals surface area contributed by atoms with E-state index in [4.69, 9.17) is 0 Å². The summed E-state index contributed by atoms with van der Waals surface area (Å²) in [7, 11) is 0. The van der Waals surface area contributed by atoms with Crippen molar-refractivity contribution in [2.24, 2.45) is 11.3 Å². The number of piperidine rings is 2. The standard InChI is InChI=1S/C21H27N3O2/c22-12-17-3-1-2-4-18(17)14-23-9-7-21(8-10-23)11-19(25)15-24(20(21)26)13-16-5-6-16/h1-4,16,19,25H,5-11,13-15H2. The van der Waals surface area contributed by atoms with Gasteiger partial charge in [0.05, 0.1) is 23.2 Å². The first-order valence-electron chi connectivity index (χ1n) is 9.77. The van der Waals surface area contributed by atoms with Crippen LogP contribution in [0, 0.1) is 22.7 Å². The van der Waals surface area contributed by atoms with Crippen molar-refractivity contribution >= 4 is 5.91 Å². The normalized spacial score (nSPS) is 26.1. The predicted molar refractivity (Wildman–Crippen MR) is 98.0 cm³/mol. The van der Waals surface area contributed by atoms with Crippen molar-refractivity contribution < 1.29 is 9.90 Å². The molecule has 5 nitrogen and oxygen atoms in total. The number of nitrogens with zero attached hydrogens (tertiary/aromatic N) is 3. The fraction of sp³-hybridized carbons (Fsp3) is 0.619. The van der Waals surface area contributed by atoms with Crippen LogP contribution in [-0.4, -0.2) is 53.1 Å². The first-order valence-corrected chi connectivity index (χ1v) is 9.77. The number of aliphatic hydroxyl groups excluding tert-OH is 1. The van der Waals surface area contributed by atoms with Gasteiger partial charge in [-0.25, -0.2) is 0 Å². The summed E-state index contributed by atoms with van der Waals surface area (Å²) < 4.78 is 0. The average molecular weight is 353 g/mol. The van der Waals surface area contributed by atoms with Gasteiger partial charge in [-0.2, -0.15) is 5.26 Å². The Morgan fingerprint density at radius 1 is 1.23 bits per heavy atom. The molecule has 2 saturated heterocycles. The summed E-state index contributed by atoms with van der Waals surface area (Å²) in [6.07, 6.45) is 4.27. The Labute approximate surface area is 155 Å². The third-order valence-corrected chi connectivity index (χ3v) is 6.32. The lowest BCUT2D eigenvalue weighted by Gasteiger charge is -2.48. The second-order valence-electron chi connectivity index (χ2n) is 8.34. The molecule has 3 aliphatic rings. The summed E-state index contributed by atoms with van der Waals surface area (Å²) in [5.74, 6) is 0.927. The molecule has 0 radical (unpaired) electrons. The van der Waals surface area contributed by atoms with Gasteiger partial charge in [-0.05, 0) is 62.7 Å². The Balaban J connectivity index is 1.41. The number of aliphatic hydroxyl groups is 1. The molecule has 0 aromatic heterocycles. The van der Waals surface area contributed by atoms with Gasteiger partial charge in [-0.1, -0.05) is 18.2 Å². The minimum Gasteiger partial charge on any atom is -0.391 e. The number of rotatable bonds is 4. The number of hydrogen-bond donors (Lipinski definition) is 1. The van der Waals surface area contributed by atoms with E-state index in [9.17, 15) is 15.2 Å². The van der Waals surface area contributed by atoms with Crippen molar-refractivity contribution in [3.8, 4) is 6.07 Å². The van der Waals surface area contributed by atoms with Gasteiger partial charge in [0.2, 0.25) is 5.91 Å². The SMILES string of the molecule is N#Cc1ccccc1CN1CCC2(CC1)CC(O)CN(CC1CC1)C2=O. The van der Waals surface area contributed by atoms with E-state index in [0.29, 0.717) is 18.9 Å². The molecule has 0 bridgehead atoms.